The molecule has 0 bridgehead atoms. The molecule has 0 spiro atoms. The lowest BCUT2D eigenvalue weighted by molar-refractivity contribution is -0.123. The minimum Gasteiger partial charge on any atom is -0.297 e. The van der Waals surface area contributed by atoms with Gasteiger partial charge in [0.2, 0.25) is 0 Å². The van der Waals surface area contributed by atoms with E-state index in [0.29, 0.717) is 5.92 Å². The highest BCUT2D eigenvalue weighted by Gasteiger charge is 2.49. The summed E-state index contributed by atoms with van der Waals surface area (Å²) >= 11 is 5.13. The summed E-state index contributed by atoms with van der Waals surface area (Å²) in [6.07, 6.45) is 3.51. The van der Waals surface area contributed by atoms with E-state index in [4.69, 9.17) is 0 Å². The molecule has 7 heteroatoms. The van der Waals surface area contributed by atoms with E-state index in [9.17, 15) is 4.79 Å². The third kappa shape index (κ3) is 3.51. The quantitative estimate of drug-likeness (QED) is 0.805. The van der Waals surface area contributed by atoms with E-state index in [-0.39, 0.29) is 11.7 Å². The summed E-state index contributed by atoms with van der Waals surface area (Å²) in [5, 5.41) is 8.19. The molecule has 1 aliphatic heterocycles. The summed E-state index contributed by atoms with van der Waals surface area (Å²) in [6.45, 7) is 8.10. The Labute approximate surface area is 143 Å². The number of rotatable bonds is 6. The Morgan fingerprint density at radius 3 is 2.73 bits per heavy atom. The molecule has 5 nitrogen and oxygen atoms in total. The first-order valence-electron chi connectivity index (χ1n) is 7.32. The molecular formula is C15H21BrN4OS. The van der Waals surface area contributed by atoms with Crippen molar-refractivity contribution in [2.45, 2.75) is 38.6 Å². The van der Waals surface area contributed by atoms with Gasteiger partial charge in [-0.05, 0) is 33.7 Å². The fourth-order valence-corrected chi connectivity index (χ4v) is 3.87. The number of nitrogens with one attached hydrogen (secondary N) is 1. The highest BCUT2D eigenvalue weighted by molar-refractivity contribution is 9.10. The second kappa shape index (κ2) is 7.08. The van der Waals surface area contributed by atoms with Gasteiger partial charge in [0.1, 0.15) is 0 Å². The maximum atomic E-state index is 12.6. The molecule has 1 aliphatic rings. The number of carbonyl (C=O) groups is 1. The molecule has 2 atom stereocenters. The van der Waals surface area contributed by atoms with E-state index >= 15 is 0 Å². The van der Waals surface area contributed by atoms with Crippen molar-refractivity contribution in [3.8, 4) is 0 Å². The van der Waals surface area contributed by atoms with Crippen LogP contribution in [0, 0.1) is 11.8 Å². The number of pyridine rings is 1. The molecule has 2 unspecified atom stereocenters. The standard InChI is InChI=1S/C15H21BrN4OS/c1-9(2)8-22-15(11-5-12(16)7-17-6-11)14(18-20-19-15)13(21)10(3)4/h5-7,9-10,14H,8H2,1-4H3,(H,18,19). The Bertz CT molecular complexity index is 578. The van der Waals surface area contributed by atoms with Crippen LogP contribution in [0.15, 0.2) is 33.3 Å². The van der Waals surface area contributed by atoms with Gasteiger partial charge in [-0.25, -0.2) is 0 Å². The van der Waals surface area contributed by atoms with Crippen LogP contribution in [0.2, 0.25) is 0 Å². The van der Waals surface area contributed by atoms with Crippen molar-refractivity contribution in [2.75, 3.05) is 5.75 Å². The summed E-state index contributed by atoms with van der Waals surface area (Å²) in [4.78, 5) is 16.2. The number of Topliss-reactive ketones (excluding diaryl/α,β-unsaturated/α-hetero) is 1. The second-order valence-electron chi connectivity index (χ2n) is 6.12. The number of nitrogens with zero attached hydrogens (tertiary/aromatic N) is 3. The molecule has 0 saturated heterocycles. The minimum absolute atomic E-state index is 0.0879. The van der Waals surface area contributed by atoms with E-state index in [2.05, 4.69) is 50.5 Å². The van der Waals surface area contributed by atoms with Crippen LogP contribution in [-0.2, 0) is 9.67 Å². The molecule has 1 aromatic rings. The molecule has 2 rings (SSSR count). The topological polar surface area (TPSA) is 66.7 Å². The lowest BCUT2D eigenvalue weighted by Gasteiger charge is -2.33. The molecule has 0 saturated carbocycles. The van der Waals surface area contributed by atoms with Gasteiger partial charge in [0, 0.05) is 28.3 Å². The number of carbonyl (C=O) groups excluding carboxylic acids is 1. The summed E-state index contributed by atoms with van der Waals surface area (Å²) in [5.41, 5.74) is 4.01. The predicted molar refractivity (Wildman–Crippen MR) is 92.5 cm³/mol. The molecule has 2 heterocycles. The monoisotopic (exact) mass is 384 g/mol. The normalized spacial score (nSPS) is 24.0. The zero-order chi connectivity index (χ0) is 16.3. The highest BCUT2D eigenvalue weighted by Crippen LogP contribution is 2.43. The lowest BCUT2D eigenvalue weighted by atomic mass is 9.92. The maximum absolute atomic E-state index is 12.6. The average molecular weight is 385 g/mol. The van der Waals surface area contributed by atoms with Crippen LogP contribution >= 0.6 is 27.7 Å². The van der Waals surface area contributed by atoms with Crippen LogP contribution in [0.5, 0.6) is 0 Å². The molecule has 22 heavy (non-hydrogen) atoms. The fourth-order valence-electron chi connectivity index (χ4n) is 2.21. The van der Waals surface area contributed by atoms with Crippen LogP contribution < -0.4 is 5.43 Å². The molecule has 1 N–H and O–H groups in total. The van der Waals surface area contributed by atoms with Gasteiger partial charge in [-0.15, -0.1) is 11.8 Å². The Morgan fingerprint density at radius 1 is 1.41 bits per heavy atom. The molecule has 0 fully saturated rings. The van der Waals surface area contributed by atoms with Crippen molar-refractivity contribution in [1.29, 1.82) is 0 Å². The first-order chi connectivity index (χ1) is 10.4. The minimum atomic E-state index is -0.678. The largest absolute Gasteiger partial charge is 0.297 e. The van der Waals surface area contributed by atoms with Crippen LogP contribution in [0.3, 0.4) is 0 Å². The molecular weight excluding hydrogens is 364 g/mol. The zero-order valence-electron chi connectivity index (χ0n) is 13.2. The number of hydrogen-bond donors (Lipinski definition) is 1. The smallest absolute Gasteiger partial charge is 0.169 e. The van der Waals surface area contributed by atoms with E-state index in [1.807, 2.05) is 19.9 Å². The number of thioether (sulfide) groups is 1. The summed E-state index contributed by atoms with van der Waals surface area (Å²) < 4.78 is 0.874. The van der Waals surface area contributed by atoms with Gasteiger partial charge in [0.15, 0.2) is 16.7 Å². The third-order valence-corrected chi connectivity index (χ3v) is 5.66. The Morgan fingerprint density at radius 2 is 2.14 bits per heavy atom. The summed E-state index contributed by atoms with van der Waals surface area (Å²) in [7, 11) is 0. The lowest BCUT2D eigenvalue weighted by Crippen LogP contribution is -2.47. The summed E-state index contributed by atoms with van der Waals surface area (Å²) in [6, 6.07) is 1.44. The van der Waals surface area contributed by atoms with Crippen molar-refractivity contribution in [2.24, 2.45) is 22.2 Å². The molecule has 1 aromatic heterocycles. The van der Waals surface area contributed by atoms with Crippen LogP contribution in [0.25, 0.3) is 0 Å². The Hall–Kier alpha value is -0.950. The van der Waals surface area contributed by atoms with Gasteiger partial charge in [-0.1, -0.05) is 32.9 Å². The number of halogens is 1. The molecule has 0 aromatic carbocycles. The highest BCUT2D eigenvalue weighted by atomic mass is 79.9. The van der Waals surface area contributed by atoms with Gasteiger partial charge in [-0.2, -0.15) is 5.11 Å². The molecule has 0 aliphatic carbocycles. The van der Waals surface area contributed by atoms with Crippen LogP contribution in [0.1, 0.15) is 33.3 Å². The molecule has 0 radical (unpaired) electrons. The van der Waals surface area contributed by atoms with Crippen LogP contribution in [-0.4, -0.2) is 22.6 Å². The van der Waals surface area contributed by atoms with Crippen molar-refractivity contribution in [3.05, 3.63) is 28.5 Å². The van der Waals surface area contributed by atoms with Crippen molar-refractivity contribution < 1.29 is 4.79 Å². The van der Waals surface area contributed by atoms with Gasteiger partial charge < -0.3 is 0 Å². The number of aromatic nitrogens is 1. The first-order valence-corrected chi connectivity index (χ1v) is 9.10. The van der Waals surface area contributed by atoms with Gasteiger partial charge in [-0.3, -0.25) is 15.2 Å². The van der Waals surface area contributed by atoms with Crippen molar-refractivity contribution in [3.63, 3.8) is 0 Å². The molecule has 0 amide bonds. The maximum Gasteiger partial charge on any atom is 0.169 e. The van der Waals surface area contributed by atoms with E-state index in [1.54, 1.807) is 24.2 Å². The van der Waals surface area contributed by atoms with Crippen LogP contribution in [0.4, 0.5) is 0 Å². The predicted octanol–water partition coefficient (Wildman–Crippen LogP) is 3.95. The zero-order valence-corrected chi connectivity index (χ0v) is 15.6. The SMILES string of the molecule is CC(C)CSC1(c2cncc(Br)c2)NN=NC1C(=O)C(C)C. The van der Waals surface area contributed by atoms with E-state index < -0.39 is 10.9 Å². The number of ketones is 1. The fraction of sp³-hybridized carbons (Fsp3) is 0.600. The van der Waals surface area contributed by atoms with Gasteiger partial charge in [0.05, 0.1) is 0 Å². The Kier molecular flexibility index (Phi) is 5.60. The summed E-state index contributed by atoms with van der Waals surface area (Å²) in [5.74, 6) is 1.39. The van der Waals surface area contributed by atoms with Gasteiger partial charge in [0.25, 0.3) is 0 Å². The second-order valence-corrected chi connectivity index (χ2v) is 8.30. The number of hydrogen-bond acceptors (Lipinski definition) is 6. The van der Waals surface area contributed by atoms with Crippen molar-refractivity contribution >= 4 is 33.5 Å². The first kappa shape index (κ1) is 17.4. The van der Waals surface area contributed by atoms with E-state index in [0.717, 1.165) is 15.8 Å². The average Bonchev–Trinajstić information content (AvgIpc) is 2.89. The van der Waals surface area contributed by atoms with E-state index in [1.165, 1.54) is 0 Å². The van der Waals surface area contributed by atoms with Crippen molar-refractivity contribution in [1.82, 2.24) is 10.4 Å². The van der Waals surface area contributed by atoms with Gasteiger partial charge >= 0.3 is 0 Å². The third-order valence-electron chi connectivity index (χ3n) is 3.39. The molecule has 120 valence electrons. The Balaban J connectivity index is 2.44.